The monoisotopic (exact) mass is 534 g/mol. The Labute approximate surface area is 210 Å². The first-order valence-electron chi connectivity index (χ1n) is 11.6. The molecule has 0 saturated heterocycles. The number of carbonyl (C=O) groups is 2. The summed E-state index contributed by atoms with van der Waals surface area (Å²) in [5, 5.41) is 3.73. The third-order valence-electron chi connectivity index (χ3n) is 6.12. The number of halogens is 2. The Bertz CT molecular complexity index is 962. The molecule has 1 aliphatic rings. The summed E-state index contributed by atoms with van der Waals surface area (Å²) >= 11 is 9.67. The SMILES string of the molecule is CCc1ccc(OCC(=O)N(Cc2cccc(Cl)c2)[C@H](C)C(=O)NC2CCCCC2)c(Br)c1. The van der Waals surface area contributed by atoms with Crippen LogP contribution in [0.2, 0.25) is 5.02 Å². The number of ether oxygens (including phenoxy) is 1. The smallest absolute Gasteiger partial charge is 0.261 e. The Kier molecular flexibility index (Phi) is 9.63. The summed E-state index contributed by atoms with van der Waals surface area (Å²) in [4.78, 5) is 27.9. The van der Waals surface area contributed by atoms with Gasteiger partial charge in [0.15, 0.2) is 6.61 Å². The highest BCUT2D eigenvalue weighted by atomic mass is 79.9. The van der Waals surface area contributed by atoms with Gasteiger partial charge in [-0.3, -0.25) is 9.59 Å². The predicted molar refractivity (Wildman–Crippen MR) is 135 cm³/mol. The van der Waals surface area contributed by atoms with Gasteiger partial charge in [0.2, 0.25) is 5.91 Å². The Balaban J connectivity index is 1.72. The van der Waals surface area contributed by atoms with Crippen molar-refractivity contribution >= 4 is 39.3 Å². The van der Waals surface area contributed by atoms with Gasteiger partial charge < -0.3 is 15.0 Å². The average Bonchev–Trinajstić information content (AvgIpc) is 2.81. The number of hydrogen-bond donors (Lipinski definition) is 1. The summed E-state index contributed by atoms with van der Waals surface area (Å²) in [6.45, 7) is 3.97. The van der Waals surface area contributed by atoms with Crippen LogP contribution >= 0.6 is 27.5 Å². The molecule has 2 aromatic carbocycles. The lowest BCUT2D eigenvalue weighted by Crippen LogP contribution is -2.51. The summed E-state index contributed by atoms with van der Waals surface area (Å²) in [5.41, 5.74) is 2.04. The van der Waals surface area contributed by atoms with Crippen molar-refractivity contribution < 1.29 is 14.3 Å². The van der Waals surface area contributed by atoms with Gasteiger partial charge in [-0.25, -0.2) is 0 Å². The second-order valence-electron chi connectivity index (χ2n) is 8.58. The number of carbonyl (C=O) groups excluding carboxylic acids is 2. The van der Waals surface area contributed by atoms with Crippen LogP contribution < -0.4 is 10.1 Å². The Morgan fingerprint density at radius 1 is 1.15 bits per heavy atom. The molecule has 7 heteroatoms. The fourth-order valence-electron chi connectivity index (χ4n) is 4.09. The zero-order valence-corrected chi connectivity index (χ0v) is 21.6. The van der Waals surface area contributed by atoms with Crippen molar-refractivity contribution in [1.29, 1.82) is 0 Å². The molecule has 1 atom stereocenters. The lowest BCUT2D eigenvalue weighted by atomic mass is 9.95. The molecule has 1 saturated carbocycles. The fourth-order valence-corrected chi connectivity index (χ4v) is 4.84. The average molecular weight is 536 g/mol. The number of benzene rings is 2. The number of nitrogens with one attached hydrogen (secondary N) is 1. The number of hydrogen-bond acceptors (Lipinski definition) is 3. The molecular formula is C26H32BrClN2O3. The predicted octanol–water partition coefficient (Wildman–Crippen LogP) is 5.91. The van der Waals surface area contributed by atoms with Crippen molar-refractivity contribution in [3.63, 3.8) is 0 Å². The zero-order valence-electron chi connectivity index (χ0n) is 19.3. The third kappa shape index (κ3) is 7.47. The van der Waals surface area contributed by atoms with E-state index in [4.69, 9.17) is 16.3 Å². The normalized spacial score (nSPS) is 15.0. The number of amides is 2. The van der Waals surface area contributed by atoms with E-state index in [1.165, 1.54) is 12.0 Å². The molecule has 1 N–H and O–H groups in total. The molecule has 0 spiro atoms. The van der Waals surface area contributed by atoms with Crippen molar-refractivity contribution in [3.8, 4) is 5.75 Å². The molecule has 33 heavy (non-hydrogen) atoms. The molecule has 1 aliphatic carbocycles. The van der Waals surface area contributed by atoms with Crippen molar-refractivity contribution in [2.24, 2.45) is 0 Å². The van der Waals surface area contributed by atoms with Gasteiger partial charge >= 0.3 is 0 Å². The van der Waals surface area contributed by atoms with Crippen molar-refractivity contribution in [2.75, 3.05) is 6.61 Å². The van der Waals surface area contributed by atoms with Crippen LogP contribution in [0.1, 0.15) is 57.1 Å². The number of nitrogens with zero attached hydrogens (tertiary/aromatic N) is 1. The van der Waals surface area contributed by atoms with E-state index in [0.29, 0.717) is 10.8 Å². The first-order chi connectivity index (χ1) is 15.9. The van der Waals surface area contributed by atoms with Gasteiger partial charge in [0, 0.05) is 17.6 Å². The lowest BCUT2D eigenvalue weighted by Gasteiger charge is -2.31. The van der Waals surface area contributed by atoms with Gasteiger partial charge in [-0.05, 0) is 77.5 Å². The molecule has 0 unspecified atom stereocenters. The van der Waals surface area contributed by atoms with Crippen molar-refractivity contribution in [1.82, 2.24) is 10.2 Å². The molecular weight excluding hydrogens is 504 g/mol. The van der Waals surface area contributed by atoms with E-state index in [1.54, 1.807) is 17.9 Å². The van der Waals surface area contributed by atoms with Crippen LogP contribution in [0.25, 0.3) is 0 Å². The van der Waals surface area contributed by atoms with Gasteiger partial charge in [0.05, 0.1) is 4.47 Å². The van der Waals surface area contributed by atoms with Crippen molar-refractivity contribution in [2.45, 2.75) is 71.0 Å². The quantitative estimate of drug-likeness (QED) is 0.434. The van der Waals surface area contributed by atoms with Crippen LogP contribution in [0.15, 0.2) is 46.9 Å². The summed E-state index contributed by atoms with van der Waals surface area (Å²) in [5.74, 6) is 0.209. The van der Waals surface area contributed by atoms with E-state index in [2.05, 4.69) is 28.2 Å². The molecule has 2 aromatic rings. The molecule has 0 bridgehead atoms. The highest BCUT2D eigenvalue weighted by Crippen LogP contribution is 2.26. The molecule has 0 radical (unpaired) electrons. The number of rotatable bonds is 9. The van der Waals surface area contributed by atoms with Crippen LogP contribution in [-0.4, -0.2) is 35.4 Å². The van der Waals surface area contributed by atoms with E-state index in [-0.39, 0.29) is 31.0 Å². The zero-order chi connectivity index (χ0) is 23.8. The maximum absolute atomic E-state index is 13.3. The molecule has 0 aromatic heterocycles. The standard InChI is InChI=1S/C26H32BrClN2O3/c1-3-19-12-13-24(23(27)15-19)33-17-25(31)30(16-20-8-7-9-21(28)14-20)18(2)26(32)29-22-10-5-4-6-11-22/h7-9,12-15,18,22H,3-6,10-11,16-17H2,1-2H3,(H,29,32)/t18-/m1/s1. The van der Waals surface area contributed by atoms with E-state index < -0.39 is 6.04 Å². The minimum atomic E-state index is -0.632. The first kappa shape index (κ1) is 25.6. The Hall–Kier alpha value is -2.05. The van der Waals surface area contributed by atoms with Gasteiger partial charge in [-0.15, -0.1) is 0 Å². The van der Waals surface area contributed by atoms with Crippen LogP contribution in [0.5, 0.6) is 5.75 Å². The topological polar surface area (TPSA) is 58.6 Å². The van der Waals surface area contributed by atoms with Crippen LogP contribution in [0.3, 0.4) is 0 Å². The molecule has 0 aliphatic heterocycles. The van der Waals surface area contributed by atoms with Crippen LogP contribution in [-0.2, 0) is 22.6 Å². The Morgan fingerprint density at radius 2 is 1.91 bits per heavy atom. The minimum Gasteiger partial charge on any atom is -0.483 e. The summed E-state index contributed by atoms with van der Waals surface area (Å²) in [7, 11) is 0. The minimum absolute atomic E-state index is 0.134. The maximum Gasteiger partial charge on any atom is 0.261 e. The van der Waals surface area contributed by atoms with Gasteiger partial charge in [0.25, 0.3) is 5.91 Å². The highest BCUT2D eigenvalue weighted by molar-refractivity contribution is 9.10. The fraction of sp³-hybridized carbons (Fsp3) is 0.462. The second kappa shape index (κ2) is 12.4. The largest absolute Gasteiger partial charge is 0.483 e. The maximum atomic E-state index is 13.3. The number of aryl methyl sites for hydroxylation is 1. The van der Waals surface area contributed by atoms with Crippen LogP contribution in [0, 0.1) is 0 Å². The van der Waals surface area contributed by atoms with E-state index in [1.807, 2.05) is 36.4 Å². The lowest BCUT2D eigenvalue weighted by molar-refractivity contribution is -0.142. The third-order valence-corrected chi connectivity index (χ3v) is 6.97. The molecule has 2 amide bonds. The van der Waals surface area contributed by atoms with E-state index in [0.717, 1.165) is 42.1 Å². The highest BCUT2D eigenvalue weighted by Gasteiger charge is 2.28. The van der Waals surface area contributed by atoms with E-state index in [9.17, 15) is 9.59 Å². The van der Waals surface area contributed by atoms with Crippen molar-refractivity contribution in [3.05, 3.63) is 63.1 Å². The summed E-state index contributed by atoms with van der Waals surface area (Å²) in [6, 6.07) is 12.7. The first-order valence-corrected chi connectivity index (χ1v) is 12.8. The molecule has 178 valence electrons. The van der Waals surface area contributed by atoms with Gasteiger partial charge in [-0.1, -0.05) is 56.0 Å². The van der Waals surface area contributed by atoms with Crippen LogP contribution in [0.4, 0.5) is 0 Å². The van der Waals surface area contributed by atoms with Gasteiger partial charge in [-0.2, -0.15) is 0 Å². The molecule has 0 heterocycles. The summed E-state index contributed by atoms with van der Waals surface area (Å²) < 4.78 is 6.63. The molecule has 5 nitrogen and oxygen atoms in total. The van der Waals surface area contributed by atoms with E-state index >= 15 is 0 Å². The second-order valence-corrected chi connectivity index (χ2v) is 9.87. The molecule has 1 fully saturated rings. The Morgan fingerprint density at radius 3 is 2.58 bits per heavy atom. The summed E-state index contributed by atoms with van der Waals surface area (Å²) in [6.07, 6.45) is 6.37. The molecule has 3 rings (SSSR count). The van der Waals surface area contributed by atoms with Gasteiger partial charge in [0.1, 0.15) is 11.8 Å².